The molecule has 2 aromatic carbocycles. The Hall–Kier alpha value is -2.86. The van der Waals surface area contributed by atoms with E-state index in [-0.39, 0.29) is 22.8 Å². The van der Waals surface area contributed by atoms with Crippen molar-refractivity contribution < 1.29 is 13.9 Å². The SMILES string of the molecule is COc1cccc(-c2cc(C(=O)NCc3c(F)cccc3Cl)[nH]n2)c1. The molecule has 0 radical (unpaired) electrons. The molecule has 1 amide bonds. The minimum Gasteiger partial charge on any atom is -0.497 e. The van der Waals surface area contributed by atoms with Gasteiger partial charge in [0.15, 0.2) is 0 Å². The van der Waals surface area contributed by atoms with E-state index in [1.807, 2.05) is 24.3 Å². The summed E-state index contributed by atoms with van der Waals surface area (Å²) in [6, 6.07) is 13.3. The monoisotopic (exact) mass is 359 g/mol. The molecule has 0 fully saturated rings. The summed E-state index contributed by atoms with van der Waals surface area (Å²) in [5.41, 5.74) is 1.93. The molecule has 25 heavy (non-hydrogen) atoms. The summed E-state index contributed by atoms with van der Waals surface area (Å²) in [7, 11) is 1.58. The Morgan fingerprint density at radius 2 is 2.08 bits per heavy atom. The van der Waals surface area contributed by atoms with Crippen LogP contribution in [0.5, 0.6) is 5.75 Å². The zero-order chi connectivity index (χ0) is 17.8. The highest BCUT2D eigenvalue weighted by Gasteiger charge is 2.13. The molecule has 0 saturated heterocycles. The number of carbonyl (C=O) groups excluding carboxylic acids is 1. The zero-order valence-electron chi connectivity index (χ0n) is 13.3. The molecule has 0 saturated carbocycles. The van der Waals surface area contributed by atoms with E-state index in [0.717, 1.165) is 5.56 Å². The van der Waals surface area contributed by atoms with Gasteiger partial charge in [0.25, 0.3) is 5.91 Å². The molecule has 3 rings (SSSR count). The molecule has 128 valence electrons. The Kier molecular flexibility index (Phi) is 5.00. The first kappa shape index (κ1) is 17.0. The molecule has 0 aliphatic carbocycles. The van der Waals surface area contributed by atoms with Crippen LogP contribution in [0.25, 0.3) is 11.3 Å². The molecule has 0 spiro atoms. The van der Waals surface area contributed by atoms with Crippen LogP contribution >= 0.6 is 11.6 Å². The van der Waals surface area contributed by atoms with Gasteiger partial charge >= 0.3 is 0 Å². The van der Waals surface area contributed by atoms with Crippen molar-refractivity contribution in [3.8, 4) is 17.0 Å². The van der Waals surface area contributed by atoms with Crippen molar-refractivity contribution in [2.75, 3.05) is 7.11 Å². The number of benzene rings is 2. The number of hydrogen-bond donors (Lipinski definition) is 2. The molecule has 0 unspecified atom stereocenters. The fraction of sp³-hybridized carbons (Fsp3) is 0.111. The number of methoxy groups -OCH3 is 1. The van der Waals surface area contributed by atoms with E-state index in [2.05, 4.69) is 15.5 Å². The molecule has 2 N–H and O–H groups in total. The predicted octanol–water partition coefficient (Wildman–Crippen LogP) is 3.81. The van der Waals surface area contributed by atoms with Crippen molar-refractivity contribution in [2.24, 2.45) is 0 Å². The van der Waals surface area contributed by atoms with Gasteiger partial charge in [0.1, 0.15) is 17.3 Å². The number of nitrogens with zero attached hydrogens (tertiary/aromatic N) is 1. The number of H-pyrrole nitrogens is 1. The maximum atomic E-state index is 13.7. The Balaban J connectivity index is 1.72. The Morgan fingerprint density at radius 3 is 2.84 bits per heavy atom. The van der Waals surface area contributed by atoms with Crippen molar-refractivity contribution in [1.29, 1.82) is 0 Å². The molecule has 0 atom stereocenters. The van der Waals surface area contributed by atoms with Crippen LogP contribution in [0.1, 0.15) is 16.1 Å². The predicted molar refractivity (Wildman–Crippen MR) is 93.2 cm³/mol. The van der Waals surface area contributed by atoms with Crippen LogP contribution in [0.2, 0.25) is 5.02 Å². The van der Waals surface area contributed by atoms with E-state index in [1.54, 1.807) is 19.2 Å². The first-order valence-corrected chi connectivity index (χ1v) is 7.87. The molecule has 1 aromatic heterocycles. The van der Waals surface area contributed by atoms with Gasteiger partial charge < -0.3 is 10.1 Å². The minimum absolute atomic E-state index is 0.0160. The van der Waals surface area contributed by atoms with E-state index >= 15 is 0 Å². The van der Waals surface area contributed by atoms with Gasteiger partial charge in [-0.1, -0.05) is 29.8 Å². The number of aromatic amines is 1. The summed E-state index contributed by atoms with van der Waals surface area (Å²) < 4.78 is 18.9. The molecule has 0 aliphatic rings. The maximum Gasteiger partial charge on any atom is 0.269 e. The van der Waals surface area contributed by atoms with Crippen molar-refractivity contribution in [3.05, 3.63) is 70.6 Å². The van der Waals surface area contributed by atoms with Crippen LogP contribution in [-0.2, 0) is 6.54 Å². The number of halogens is 2. The van der Waals surface area contributed by atoms with Crippen molar-refractivity contribution in [1.82, 2.24) is 15.5 Å². The number of amides is 1. The molecule has 0 aliphatic heterocycles. The van der Waals surface area contributed by atoms with Gasteiger partial charge in [-0.25, -0.2) is 4.39 Å². The first-order valence-electron chi connectivity index (χ1n) is 7.49. The molecular formula is C18H15ClFN3O2. The average molecular weight is 360 g/mol. The summed E-state index contributed by atoms with van der Waals surface area (Å²) in [6.07, 6.45) is 0. The third-order valence-electron chi connectivity index (χ3n) is 3.68. The smallest absolute Gasteiger partial charge is 0.269 e. The van der Waals surface area contributed by atoms with Gasteiger partial charge in [-0.2, -0.15) is 5.10 Å². The van der Waals surface area contributed by atoms with Gasteiger partial charge in [-0.15, -0.1) is 0 Å². The number of hydrogen-bond acceptors (Lipinski definition) is 3. The van der Waals surface area contributed by atoms with E-state index in [1.165, 1.54) is 12.1 Å². The number of nitrogens with one attached hydrogen (secondary N) is 2. The van der Waals surface area contributed by atoms with E-state index < -0.39 is 11.7 Å². The quantitative estimate of drug-likeness (QED) is 0.728. The normalized spacial score (nSPS) is 10.5. The highest BCUT2D eigenvalue weighted by atomic mass is 35.5. The fourth-order valence-electron chi connectivity index (χ4n) is 2.33. The summed E-state index contributed by atoms with van der Waals surface area (Å²) in [5.74, 6) is -0.170. The molecule has 7 heteroatoms. The summed E-state index contributed by atoms with van der Waals surface area (Å²) in [4.78, 5) is 12.2. The first-order chi connectivity index (χ1) is 12.1. The van der Waals surface area contributed by atoms with Crippen LogP contribution in [0.4, 0.5) is 4.39 Å². The van der Waals surface area contributed by atoms with Crippen LogP contribution in [-0.4, -0.2) is 23.2 Å². The van der Waals surface area contributed by atoms with Gasteiger partial charge in [0.2, 0.25) is 0 Å². The Labute approximate surface area is 148 Å². The van der Waals surface area contributed by atoms with Crippen LogP contribution in [0, 0.1) is 5.82 Å². The Morgan fingerprint density at radius 1 is 1.28 bits per heavy atom. The lowest BCUT2D eigenvalue weighted by atomic mass is 10.1. The highest BCUT2D eigenvalue weighted by Crippen LogP contribution is 2.23. The fourth-order valence-corrected chi connectivity index (χ4v) is 2.56. The summed E-state index contributed by atoms with van der Waals surface area (Å²) in [5, 5.41) is 9.70. The van der Waals surface area contributed by atoms with Crippen molar-refractivity contribution >= 4 is 17.5 Å². The third-order valence-corrected chi connectivity index (χ3v) is 4.03. The number of carbonyl (C=O) groups is 1. The van der Waals surface area contributed by atoms with E-state index in [0.29, 0.717) is 11.4 Å². The summed E-state index contributed by atoms with van der Waals surface area (Å²) >= 11 is 5.95. The van der Waals surface area contributed by atoms with Crippen molar-refractivity contribution in [2.45, 2.75) is 6.54 Å². The second-order valence-electron chi connectivity index (χ2n) is 5.28. The lowest BCUT2D eigenvalue weighted by molar-refractivity contribution is 0.0945. The standard InChI is InChI=1S/C18H15ClFN3O2/c1-25-12-5-2-4-11(8-12)16-9-17(23-22-16)18(24)21-10-13-14(19)6-3-7-15(13)20/h2-9H,10H2,1H3,(H,21,24)(H,22,23). The largest absolute Gasteiger partial charge is 0.497 e. The number of aromatic nitrogens is 2. The second kappa shape index (κ2) is 7.36. The lowest BCUT2D eigenvalue weighted by Crippen LogP contribution is -2.23. The van der Waals surface area contributed by atoms with Gasteiger partial charge in [0, 0.05) is 22.7 Å². The van der Waals surface area contributed by atoms with Crippen molar-refractivity contribution in [3.63, 3.8) is 0 Å². The molecular weight excluding hydrogens is 345 g/mol. The maximum absolute atomic E-state index is 13.7. The molecule has 3 aromatic rings. The minimum atomic E-state index is -0.463. The second-order valence-corrected chi connectivity index (χ2v) is 5.69. The summed E-state index contributed by atoms with van der Waals surface area (Å²) in [6.45, 7) is -0.0160. The van der Waals surface area contributed by atoms with Crippen LogP contribution in [0.15, 0.2) is 48.5 Å². The highest BCUT2D eigenvalue weighted by molar-refractivity contribution is 6.31. The average Bonchev–Trinajstić information content (AvgIpc) is 3.11. The number of ether oxygens (including phenoxy) is 1. The van der Waals surface area contributed by atoms with Gasteiger partial charge in [-0.05, 0) is 30.3 Å². The third kappa shape index (κ3) is 3.80. The van der Waals surface area contributed by atoms with Gasteiger partial charge in [-0.3, -0.25) is 9.89 Å². The molecule has 0 bridgehead atoms. The zero-order valence-corrected chi connectivity index (χ0v) is 14.1. The molecule has 1 heterocycles. The lowest BCUT2D eigenvalue weighted by Gasteiger charge is -2.06. The van der Waals surface area contributed by atoms with Gasteiger partial charge in [0.05, 0.1) is 12.8 Å². The van der Waals surface area contributed by atoms with Crippen LogP contribution < -0.4 is 10.1 Å². The Bertz CT molecular complexity index is 891. The number of rotatable bonds is 5. The van der Waals surface area contributed by atoms with E-state index in [9.17, 15) is 9.18 Å². The van der Waals surface area contributed by atoms with E-state index in [4.69, 9.17) is 16.3 Å². The molecule has 5 nitrogen and oxygen atoms in total. The topological polar surface area (TPSA) is 67.0 Å². The van der Waals surface area contributed by atoms with Crippen LogP contribution in [0.3, 0.4) is 0 Å².